The quantitative estimate of drug-likeness (QED) is 0.239. The molecule has 3 aromatic heterocycles. The number of rotatable bonds is 6. The van der Waals surface area contributed by atoms with Gasteiger partial charge in [-0.3, -0.25) is 0 Å². The summed E-state index contributed by atoms with van der Waals surface area (Å²) in [6.07, 6.45) is 0.869. The molecule has 1 aliphatic heterocycles. The summed E-state index contributed by atoms with van der Waals surface area (Å²) in [6.45, 7) is 4.33. The van der Waals surface area contributed by atoms with Gasteiger partial charge in [-0.1, -0.05) is 0 Å². The fraction of sp³-hybridized carbons (Fsp3) is 0.357. The number of hydrogen-bond donors (Lipinski definition) is 2. The number of alkyl halides is 2. The standard InChI is InChI=1S/C28H27F2IN5O2/c1-27(2)18-12-31-15-28(27,26-17(18)11-23(33-34-26)25-19(29)5-3-6-20(25)30)24-8-4-7-21(32-24)22-9-10-36(35-22)13-16(38)14-37/h3-11,16,18,37-38H,12-15H2,1-2H3/q-1/t16-,18+,28+/m1/s1. The molecular formula is C28H27F2IN5O2-. The van der Waals surface area contributed by atoms with Crippen molar-refractivity contribution in [3.63, 3.8) is 0 Å². The van der Waals surface area contributed by atoms with Crippen LogP contribution in [0.2, 0.25) is 0 Å². The van der Waals surface area contributed by atoms with Crippen LogP contribution in [-0.4, -0.2) is 56.7 Å². The van der Waals surface area contributed by atoms with Crippen molar-refractivity contribution < 1.29 is 40.2 Å². The normalized spacial score (nSPS) is 22.5. The molecule has 2 bridgehead atoms. The number of pyridine rings is 1. The number of halogens is 3. The molecule has 3 atom stereocenters. The van der Waals surface area contributed by atoms with E-state index in [0.717, 1.165) is 25.8 Å². The van der Waals surface area contributed by atoms with Crippen LogP contribution in [0.5, 0.6) is 0 Å². The van der Waals surface area contributed by atoms with Crippen molar-refractivity contribution in [1.29, 1.82) is 0 Å². The van der Waals surface area contributed by atoms with Gasteiger partial charge in [-0.15, -0.1) is 0 Å². The van der Waals surface area contributed by atoms with Crippen LogP contribution in [0, 0.1) is 17.0 Å². The second-order valence-electron chi connectivity index (χ2n) is 10.5. The molecule has 0 saturated carbocycles. The molecule has 0 radical (unpaired) electrons. The van der Waals surface area contributed by atoms with Crippen molar-refractivity contribution in [1.82, 2.24) is 25.0 Å². The number of benzene rings is 1. The molecule has 1 aromatic carbocycles. The van der Waals surface area contributed by atoms with Crippen LogP contribution in [0.15, 0.2) is 54.7 Å². The summed E-state index contributed by atoms with van der Waals surface area (Å²) in [4.78, 5) is 5.09. The molecule has 1 saturated heterocycles. The van der Waals surface area contributed by atoms with Crippen molar-refractivity contribution in [2.75, 3.05) is 15.5 Å². The molecule has 0 spiro atoms. The molecule has 0 unspecified atom stereocenters. The molecule has 0 amide bonds. The third kappa shape index (κ3) is 3.79. The Balaban J connectivity index is 1.46. The van der Waals surface area contributed by atoms with E-state index in [0.29, 0.717) is 11.4 Å². The summed E-state index contributed by atoms with van der Waals surface area (Å²) < 4.78 is 32.8. The van der Waals surface area contributed by atoms with Crippen LogP contribution in [0.1, 0.15) is 36.7 Å². The Kier molecular flexibility index (Phi) is 6.31. The first-order valence-electron chi connectivity index (χ1n) is 12.4. The summed E-state index contributed by atoms with van der Waals surface area (Å²) in [7, 11) is 0. The van der Waals surface area contributed by atoms with E-state index in [1.807, 2.05) is 30.3 Å². The van der Waals surface area contributed by atoms with Gasteiger partial charge in [-0.25, -0.2) is 0 Å². The minimum atomic E-state index is -0.888. The van der Waals surface area contributed by atoms with Crippen LogP contribution in [-0.2, 0) is 12.0 Å². The second-order valence-corrected chi connectivity index (χ2v) is 13.2. The molecule has 38 heavy (non-hydrogen) atoms. The number of aliphatic hydroxyl groups excluding tert-OH is 2. The average Bonchev–Trinajstić information content (AvgIpc) is 3.37. The van der Waals surface area contributed by atoms with Crippen LogP contribution in [0.4, 0.5) is 8.78 Å². The summed E-state index contributed by atoms with van der Waals surface area (Å²) in [5.41, 5.74) is 3.50. The van der Waals surface area contributed by atoms with Crippen molar-refractivity contribution in [3.05, 3.63) is 83.3 Å². The van der Waals surface area contributed by atoms with E-state index in [4.69, 9.17) is 10.1 Å². The van der Waals surface area contributed by atoms with Crippen molar-refractivity contribution in [2.45, 2.75) is 37.8 Å². The average molecular weight is 630 g/mol. The third-order valence-corrected chi connectivity index (χ3v) is 11.2. The molecular weight excluding hydrogens is 603 g/mol. The molecule has 2 aliphatic rings. The zero-order valence-corrected chi connectivity index (χ0v) is 23.1. The van der Waals surface area contributed by atoms with Crippen LogP contribution in [0.3, 0.4) is 0 Å². The van der Waals surface area contributed by atoms with E-state index in [2.05, 4.69) is 29.1 Å². The fourth-order valence-electron chi connectivity index (χ4n) is 5.88. The molecule has 4 aromatic rings. The van der Waals surface area contributed by atoms with E-state index >= 15 is 0 Å². The fourth-order valence-corrected chi connectivity index (χ4v) is 10.9. The summed E-state index contributed by atoms with van der Waals surface area (Å²) in [5.74, 6) is -1.11. The van der Waals surface area contributed by atoms with Gasteiger partial charge in [0, 0.05) is 0 Å². The van der Waals surface area contributed by atoms with E-state index in [1.165, 1.54) is 18.2 Å². The van der Waals surface area contributed by atoms with Gasteiger partial charge in [0.05, 0.1) is 0 Å². The van der Waals surface area contributed by atoms with Gasteiger partial charge in [0.15, 0.2) is 0 Å². The number of aliphatic hydroxyl groups is 2. The SMILES string of the molecule is CC1(C)[C@H]2C[I-]C[C@]1(c1cccc(-c3ccn(C[C@@H](O)CO)n3)n1)c1nnc(-c3c(F)cccc3F)cc12. The first kappa shape index (κ1) is 25.4. The Morgan fingerprint density at radius 1 is 1.05 bits per heavy atom. The summed E-state index contributed by atoms with van der Waals surface area (Å²) >= 11 is -0.165. The van der Waals surface area contributed by atoms with Crippen LogP contribution in [0.25, 0.3) is 22.6 Å². The predicted molar refractivity (Wildman–Crippen MR) is 133 cm³/mol. The monoisotopic (exact) mass is 630 g/mol. The Labute approximate surface area is 229 Å². The zero-order chi connectivity index (χ0) is 26.7. The molecule has 6 rings (SSSR count). The summed E-state index contributed by atoms with van der Waals surface area (Å²) in [5, 5.41) is 32.5. The molecule has 1 aliphatic carbocycles. The second kappa shape index (κ2) is 9.42. The van der Waals surface area contributed by atoms with E-state index in [1.54, 1.807) is 10.9 Å². The molecule has 1 fully saturated rings. The van der Waals surface area contributed by atoms with Gasteiger partial charge >= 0.3 is 230 Å². The molecule has 10 heteroatoms. The van der Waals surface area contributed by atoms with Gasteiger partial charge in [-0.05, 0) is 0 Å². The van der Waals surface area contributed by atoms with Gasteiger partial charge < -0.3 is 0 Å². The van der Waals surface area contributed by atoms with E-state index in [9.17, 15) is 13.9 Å². The zero-order valence-electron chi connectivity index (χ0n) is 20.9. The summed E-state index contributed by atoms with van der Waals surface area (Å²) in [6, 6.07) is 13.4. The van der Waals surface area contributed by atoms with Gasteiger partial charge in [0.25, 0.3) is 0 Å². The molecule has 4 heterocycles. The van der Waals surface area contributed by atoms with Gasteiger partial charge in [0.1, 0.15) is 0 Å². The van der Waals surface area contributed by atoms with Gasteiger partial charge in [0.2, 0.25) is 0 Å². The topological polar surface area (TPSA) is 97.0 Å². The third-order valence-electron chi connectivity index (χ3n) is 8.05. The first-order valence-corrected chi connectivity index (χ1v) is 15.5. The van der Waals surface area contributed by atoms with Crippen molar-refractivity contribution >= 4 is 0 Å². The van der Waals surface area contributed by atoms with Crippen molar-refractivity contribution in [2.24, 2.45) is 5.41 Å². The maximum atomic E-state index is 14.6. The Morgan fingerprint density at radius 2 is 1.82 bits per heavy atom. The van der Waals surface area contributed by atoms with E-state index in [-0.39, 0.29) is 56.9 Å². The Morgan fingerprint density at radius 3 is 2.58 bits per heavy atom. The van der Waals surface area contributed by atoms with Crippen molar-refractivity contribution in [3.8, 4) is 22.6 Å². The first-order chi connectivity index (χ1) is 18.3. The molecule has 198 valence electrons. The number of hydrogen-bond acceptors (Lipinski definition) is 6. The van der Waals surface area contributed by atoms with Crippen LogP contribution < -0.4 is 21.2 Å². The van der Waals surface area contributed by atoms with E-state index < -0.39 is 23.2 Å². The molecule has 2 N–H and O–H groups in total. The Hall–Kier alpha value is -2.83. The molecule has 7 nitrogen and oxygen atoms in total. The van der Waals surface area contributed by atoms with Gasteiger partial charge in [-0.2, -0.15) is 0 Å². The number of aromatic nitrogens is 5. The maximum absolute atomic E-state index is 14.6. The van der Waals surface area contributed by atoms with Crippen LogP contribution >= 0.6 is 0 Å². The Bertz CT molecular complexity index is 1510. The predicted octanol–water partition coefficient (Wildman–Crippen LogP) is 0.546. The number of fused-ring (bicyclic) bond motifs is 5. The minimum absolute atomic E-state index is 0.146. The number of nitrogens with zero attached hydrogens (tertiary/aromatic N) is 5.